The van der Waals surface area contributed by atoms with Gasteiger partial charge in [0.1, 0.15) is 16.8 Å². The molecule has 7 nitrogen and oxygen atoms in total. The average molecular weight is 481 g/mol. The predicted octanol–water partition coefficient (Wildman–Crippen LogP) is 5.24. The van der Waals surface area contributed by atoms with Gasteiger partial charge in [0.05, 0.1) is 7.11 Å². The number of aromatic nitrogens is 2. The number of carbonyl (C=O) groups is 2. The lowest BCUT2D eigenvalue weighted by molar-refractivity contribution is -0.126. The first kappa shape index (κ1) is 25.4. The van der Waals surface area contributed by atoms with Crippen LogP contribution in [0.25, 0.3) is 10.6 Å². The maximum Gasteiger partial charge on any atom is 0.249 e. The molecule has 8 heteroatoms. The molecule has 0 radical (unpaired) electrons. The van der Waals surface area contributed by atoms with Gasteiger partial charge in [-0.1, -0.05) is 86.4 Å². The Balaban J connectivity index is 1.64. The van der Waals surface area contributed by atoms with E-state index < -0.39 is 6.04 Å². The number of ether oxygens (including phenoxy) is 1. The monoisotopic (exact) mass is 480 g/mol. The highest BCUT2D eigenvalue weighted by Crippen LogP contribution is 2.28. The van der Waals surface area contributed by atoms with E-state index in [1.165, 1.54) is 17.8 Å². The van der Waals surface area contributed by atoms with Crippen molar-refractivity contribution in [2.24, 2.45) is 0 Å². The number of rotatable bonds is 13. The van der Waals surface area contributed by atoms with Gasteiger partial charge in [-0.15, -0.1) is 10.2 Å². The lowest BCUT2D eigenvalue weighted by Crippen LogP contribution is -2.45. The second kappa shape index (κ2) is 13.4. The Hall–Kier alpha value is -3.26. The predicted molar refractivity (Wildman–Crippen MR) is 136 cm³/mol. The number of amides is 2. The summed E-state index contributed by atoms with van der Waals surface area (Å²) in [7, 11) is 1.61. The molecular formula is C26H32N4O3S. The molecule has 34 heavy (non-hydrogen) atoms. The van der Waals surface area contributed by atoms with E-state index in [4.69, 9.17) is 4.74 Å². The molecule has 2 N–H and O–H groups in total. The van der Waals surface area contributed by atoms with Crippen LogP contribution in [-0.4, -0.2) is 35.2 Å². The highest BCUT2D eigenvalue weighted by molar-refractivity contribution is 7.18. The molecule has 0 saturated carbocycles. The van der Waals surface area contributed by atoms with Crippen LogP contribution in [-0.2, 0) is 16.0 Å². The average Bonchev–Trinajstić information content (AvgIpc) is 3.32. The van der Waals surface area contributed by atoms with Crippen molar-refractivity contribution in [3.8, 4) is 16.3 Å². The molecular weight excluding hydrogens is 448 g/mol. The molecule has 0 aliphatic carbocycles. The number of nitrogens with one attached hydrogen (secondary N) is 2. The Morgan fingerprint density at radius 1 is 1.00 bits per heavy atom. The number of anilines is 1. The van der Waals surface area contributed by atoms with E-state index in [2.05, 4.69) is 27.8 Å². The third-order valence-corrected chi connectivity index (χ3v) is 6.30. The van der Waals surface area contributed by atoms with Gasteiger partial charge in [0.15, 0.2) is 0 Å². The van der Waals surface area contributed by atoms with E-state index in [9.17, 15) is 9.59 Å². The van der Waals surface area contributed by atoms with Crippen LogP contribution in [0.2, 0.25) is 0 Å². The van der Waals surface area contributed by atoms with E-state index in [1.807, 2.05) is 54.6 Å². The lowest BCUT2D eigenvalue weighted by Gasteiger charge is -2.18. The third kappa shape index (κ3) is 7.95. The molecule has 0 aliphatic rings. The molecule has 1 atom stereocenters. The van der Waals surface area contributed by atoms with Crippen molar-refractivity contribution in [1.82, 2.24) is 15.5 Å². The van der Waals surface area contributed by atoms with Gasteiger partial charge in [-0.05, 0) is 24.1 Å². The van der Waals surface area contributed by atoms with Crippen LogP contribution in [0.3, 0.4) is 0 Å². The van der Waals surface area contributed by atoms with Crippen molar-refractivity contribution in [3.05, 3.63) is 60.2 Å². The molecule has 1 aromatic heterocycles. The van der Waals surface area contributed by atoms with E-state index in [-0.39, 0.29) is 11.8 Å². The number of benzene rings is 2. The molecule has 0 fully saturated rings. The van der Waals surface area contributed by atoms with E-state index in [1.54, 1.807) is 7.11 Å². The standard InChI is InChI=1S/C26H32N4O3S/c1-3-4-5-6-10-16-23(31)27-22(17-19-12-8-7-9-13-19)24(32)28-26-30-29-25(34-26)20-14-11-15-21(18-20)33-2/h7-9,11-15,18,22H,3-6,10,16-17H2,1-2H3,(H,27,31)(H,28,30,32). The summed E-state index contributed by atoms with van der Waals surface area (Å²) in [6, 6.07) is 16.5. The van der Waals surface area contributed by atoms with E-state index >= 15 is 0 Å². The largest absolute Gasteiger partial charge is 0.497 e. The Morgan fingerprint density at radius 2 is 1.79 bits per heavy atom. The van der Waals surface area contributed by atoms with Crippen molar-refractivity contribution in [2.75, 3.05) is 12.4 Å². The van der Waals surface area contributed by atoms with Crippen LogP contribution in [0.4, 0.5) is 5.13 Å². The highest BCUT2D eigenvalue weighted by Gasteiger charge is 2.22. The first-order valence-corrected chi connectivity index (χ1v) is 12.5. The lowest BCUT2D eigenvalue weighted by atomic mass is 10.0. The second-order valence-electron chi connectivity index (χ2n) is 8.11. The maximum absolute atomic E-state index is 13.1. The summed E-state index contributed by atoms with van der Waals surface area (Å²) in [4.78, 5) is 25.7. The molecule has 2 amide bonds. The number of hydrogen-bond donors (Lipinski definition) is 2. The van der Waals surface area contributed by atoms with Gasteiger partial charge in [0.25, 0.3) is 0 Å². The fourth-order valence-corrected chi connectivity index (χ4v) is 4.30. The molecule has 3 aromatic rings. The van der Waals surface area contributed by atoms with Gasteiger partial charge < -0.3 is 10.1 Å². The molecule has 0 saturated heterocycles. The minimum Gasteiger partial charge on any atom is -0.497 e. The summed E-state index contributed by atoms with van der Waals surface area (Å²) >= 11 is 1.28. The van der Waals surface area contributed by atoms with Gasteiger partial charge in [-0.2, -0.15) is 0 Å². The third-order valence-electron chi connectivity index (χ3n) is 5.41. The number of nitrogens with zero attached hydrogens (tertiary/aromatic N) is 2. The minimum absolute atomic E-state index is 0.109. The summed E-state index contributed by atoms with van der Waals surface area (Å²) in [6.45, 7) is 2.16. The number of unbranched alkanes of at least 4 members (excludes halogenated alkanes) is 4. The van der Waals surface area contributed by atoms with Crippen LogP contribution in [0.15, 0.2) is 54.6 Å². The summed E-state index contributed by atoms with van der Waals surface area (Å²) in [5.41, 5.74) is 1.83. The van der Waals surface area contributed by atoms with Crippen LogP contribution in [0.5, 0.6) is 5.75 Å². The zero-order valence-corrected chi connectivity index (χ0v) is 20.6. The van der Waals surface area contributed by atoms with Gasteiger partial charge >= 0.3 is 0 Å². The van der Waals surface area contributed by atoms with Gasteiger partial charge in [0.2, 0.25) is 16.9 Å². The van der Waals surface area contributed by atoms with Crippen molar-refractivity contribution in [1.29, 1.82) is 0 Å². The van der Waals surface area contributed by atoms with E-state index in [0.29, 0.717) is 23.0 Å². The first-order chi connectivity index (χ1) is 16.6. The summed E-state index contributed by atoms with van der Waals surface area (Å²) < 4.78 is 5.27. The Labute approximate surface area is 205 Å². The fraction of sp³-hybridized carbons (Fsp3) is 0.385. The van der Waals surface area contributed by atoms with Crippen molar-refractivity contribution in [2.45, 2.75) is 57.9 Å². The molecule has 0 bridgehead atoms. The topological polar surface area (TPSA) is 93.2 Å². The summed E-state index contributed by atoms with van der Waals surface area (Å²) in [5.74, 6) is 0.303. The quantitative estimate of drug-likeness (QED) is 0.326. The second-order valence-corrected chi connectivity index (χ2v) is 9.09. The molecule has 0 aliphatic heterocycles. The smallest absolute Gasteiger partial charge is 0.249 e. The molecule has 2 aromatic carbocycles. The molecule has 0 spiro atoms. The normalized spacial score (nSPS) is 11.6. The van der Waals surface area contributed by atoms with Crippen LogP contribution >= 0.6 is 11.3 Å². The van der Waals surface area contributed by atoms with E-state index in [0.717, 1.165) is 42.6 Å². The van der Waals surface area contributed by atoms with Crippen LogP contribution in [0, 0.1) is 0 Å². The van der Waals surface area contributed by atoms with Gasteiger partial charge in [-0.25, -0.2) is 0 Å². The Bertz CT molecular complexity index is 1050. The van der Waals surface area contributed by atoms with Crippen LogP contribution < -0.4 is 15.4 Å². The van der Waals surface area contributed by atoms with Gasteiger partial charge in [0, 0.05) is 18.4 Å². The fourth-order valence-electron chi connectivity index (χ4n) is 3.55. The molecule has 3 rings (SSSR count). The Morgan fingerprint density at radius 3 is 2.56 bits per heavy atom. The number of hydrogen-bond acceptors (Lipinski definition) is 6. The molecule has 1 unspecified atom stereocenters. The minimum atomic E-state index is -0.699. The zero-order valence-electron chi connectivity index (χ0n) is 19.8. The number of methoxy groups -OCH3 is 1. The molecule has 1 heterocycles. The van der Waals surface area contributed by atoms with Crippen LogP contribution in [0.1, 0.15) is 51.0 Å². The zero-order chi connectivity index (χ0) is 24.2. The SMILES string of the molecule is CCCCCCCC(=O)NC(Cc1ccccc1)C(=O)Nc1nnc(-c2cccc(OC)c2)s1. The first-order valence-electron chi connectivity index (χ1n) is 11.7. The maximum atomic E-state index is 13.1. The highest BCUT2D eigenvalue weighted by atomic mass is 32.1. The van der Waals surface area contributed by atoms with Gasteiger partial charge in [-0.3, -0.25) is 14.9 Å². The number of carbonyl (C=O) groups excluding carboxylic acids is 2. The van der Waals surface area contributed by atoms with Crippen molar-refractivity contribution >= 4 is 28.3 Å². The molecule has 180 valence electrons. The van der Waals surface area contributed by atoms with Crippen molar-refractivity contribution in [3.63, 3.8) is 0 Å². The van der Waals surface area contributed by atoms with Crippen molar-refractivity contribution < 1.29 is 14.3 Å². The Kier molecular flexibility index (Phi) is 10.0. The summed E-state index contributed by atoms with van der Waals surface area (Å²) in [5, 5.41) is 15.1. The summed E-state index contributed by atoms with van der Waals surface area (Å²) in [6.07, 6.45) is 6.14.